The van der Waals surface area contributed by atoms with Crippen LogP contribution in [0, 0.1) is 6.92 Å². The normalized spacial score (nSPS) is 12.3. The van der Waals surface area contributed by atoms with Crippen molar-refractivity contribution in [1.82, 2.24) is 9.21 Å². The smallest absolute Gasteiger partial charge is 0.340 e. The summed E-state index contributed by atoms with van der Waals surface area (Å²) < 4.78 is 64.7. The highest BCUT2D eigenvalue weighted by Crippen LogP contribution is 2.29. The van der Waals surface area contributed by atoms with Crippen LogP contribution in [0.3, 0.4) is 0 Å². The lowest BCUT2D eigenvalue weighted by Gasteiger charge is -2.20. The molecular formula is C22H33N3O7S2. The molecule has 0 saturated carbocycles. The van der Waals surface area contributed by atoms with Gasteiger partial charge >= 0.3 is 10.1 Å². The molecule has 0 saturated heterocycles. The lowest BCUT2D eigenvalue weighted by molar-refractivity contribution is 0.122. The second-order valence-corrected chi connectivity index (χ2v) is 11.6. The first-order valence-corrected chi connectivity index (χ1v) is 13.5. The van der Waals surface area contributed by atoms with Gasteiger partial charge < -0.3 is 18.7 Å². The Bertz CT molecular complexity index is 1150. The predicted octanol–water partition coefficient (Wildman–Crippen LogP) is 1.99. The van der Waals surface area contributed by atoms with Crippen molar-refractivity contribution < 1.29 is 30.6 Å². The number of rotatable bonds is 14. The van der Waals surface area contributed by atoms with Gasteiger partial charge in [0, 0.05) is 26.1 Å². The average molecular weight is 516 g/mol. The third-order valence-corrected chi connectivity index (χ3v) is 8.14. The number of benzene rings is 2. The molecule has 2 N–H and O–H groups in total. The van der Waals surface area contributed by atoms with Gasteiger partial charge in [-0.1, -0.05) is 12.1 Å². The molecule has 0 aliphatic rings. The van der Waals surface area contributed by atoms with Gasteiger partial charge in [0.2, 0.25) is 10.0 Å². The van der Waals surface area contributed by atoms with Crippen LogP contribution in [0.1, 0.15) is 18.4 Å². The molecule has 0 amide bonds. The molecule has 0 bridgehead atoms. The fourth-order valence-corrected chi connectivity index (χ4v) is 6.02. The van der Waals surface area contributed by atoms with E-state index in [1.807, 2.05) is 19.0 Å². The van der Waals surface area contributed by atoms with Gasteiger partial charge in [0.25, 0.3) is 0 Å². The maximum absolute atomic E-state index is 13.2. The first-order chi connectivity index (χ1) is 16.0. The van der Waals surface area contributed by atoms with Crippen LogP contribution in [-0.4, -0.2) is 73.5 Å². The molecule has 2 aromatic carbocycles. The molecule has 10 nitrogen and oxygen atoms in total. The fourth-order valence-electron chi connectivity index (χ4n) is 3.12. The second kappa shape index (κ2) is 12.5. The molecule has 0 aliphatic carbocycles. The fraction of sp³-hybridized carbons (Fsp3) is 0.455. The topological polar surface area (TPSA) is 128 Å². The molecule has 0 spiro atoms. The zero-order chi connectivity index (χ0) is 25.4. The highest BCUT2D eigenvalue weighted by molar-refractivity contribution is 7.91. The molecule has 0 heterocycles. The monoisotopic (exact) mass is 515 g/mol. The standard InChI is InChI=1S/C22H33N3O7S2/c1-18-15-19(30-13-8-14-31-23)17-20(16-18)32-34(28,29)22-10-6-5-9-21(22)33(26,27)25(4)12-7-11-24(2)3/h5-6,9-10,15-17H,7-8,11-14,23H2,1-4H3. The molecule has 0 aromatic heterocycles. The van der Waals surface area contributed by atoms with Gasteiger partial charge in [-0.25, -0.2) is 18.6 Å². The van der Waals surface area contributed by atoms with E-state index in [0.717, 1.165) is 4.31 Å². The summed E-state index contributed by atoms with van der Waals surface area (Å²) in [5, 5.41) is 0. The molecule has 0 atom stereocenters. The van der Waals surface area contributed by atoms with Gasteiger partial charge in [-0.2, -0.15) is 8.42 Å². The maximum atomic E-state index is 13.2. The van der Waals surface area contributed by atoms with E-state index < -0.39 is 25.0 Å². The van der Waals surface area contributed by atoms with Gasteiger partial charge in [0.15, 0.2) is 0 Å². The Morgan fingerprint density at radius 2 is 1.50 bits per heavy atom. The van der Waals surface area contributed by atoms with E-state index in [4.69, 9.17) is 14.8 Å². The summed E-state index contributed by atoms with van der Waals surface area (Å²) in [6.07, 6.45) is 1.14. The van der Waals surface area contributed by atoms with Crippen LogP contribution in [0.5, 0.6) is 11.5 Å². The summed E-state index contributed by atoms with van der Waals surface area (Å²) in [5.74, 6) is 5.41. The summed E-state index contributed by atoms with van der Waals surface area (Å²) in [4.78, 5) is 5.66. The van der Waals surface area contributed by atoms with Crippen LogP contribution in [-0.2, 0) is 25.0 Å². The van der Waals surface area contributed by atoms with Crippen molar-refractivity contribution in [3.8, 4) is 11.5 Å². The molecule has 12 heteroatoms. The van der Waals surface area contributed by atoms with E-state index in [9.17, 15) is 16.8 Å². The number of hydrogen-bond acceptors (Lipinski definition) is 9. The van der Waals surface area contributed by atoms with Crippen LogP contribution in [0.15, 0.2) is 52.3 Å². The van der Waals surface area contributed by atoms with E-state index in [1.165, 1.54) is 43.4 Å². The zero-order valence-electron chi connectivity index (χ0n) is 19.9. The van der Waals surface area contributed by atoms with Crippen LogP contribution in [0.2, 0.25) is 0 Å². The Hall–Kier alpha value is -2.22. The van der Waals surface area contributed by atoms with E-state index in [1.54, 1.807) is 13.0 Å². The minimum atomic E-state index is -4.46. The molecule has 0 unspecified atom stereocenters. The summed E-state index contributed by atoms with van der Waals surface area (Å²) in [6, 6.07) is 10.1. The highest BCUT2D eigenvalue weighted by atomic mass is 32.2. The third kappa shape index (κ3) is 7.93. The summed E-state index contributed by atoms with van der Waals surface area (Å²) in [7, 11) is -3.32. The number of ether oxygens (including phenoxy) is 1. The Morgan fingerprint density at radius 3 is 2.15 bits per heavy atom. The highest BCUT2D eigenvalue weighted by Gasteiger charge is 2.30. The number of sulfonamides is 1. The Balaban J connectivity index is 2.29. The van der Waals surface area contributed by atoms with Gasteiger partial charge in [0.05, 0.1) is 13.2 Å². The number of aryl methyl sites for hydroxylation is 1. The second-order valence-electron chi connectivity index (χ2n) is 8.02. The molecular weight excluding hydrogens is 482 g/mol. The van der Waals surface area contributed by atoms with Crippen molar-refractivity contribution in [1.29, 1.82) is 0 Å². The minimum absolute atomic E-state index is 0.0108. The summed E-state index contributed by atoms with van der Waals surface area (Å²) in [5.41, 5.74) is 0.708. The molecule has 2 aromatic rings. The molecule has 0 radical (unpaired) electrons. The van der Waals surface area contributed by atoms with Gasteiger partial charge in [-0.05, 0) is 63.8 Å². The van der Waals surface area contributed by atoms with E-state index in [0.29, 0.717) is 43.9 Å². The first kappa shape index (κ1) is 28.0. The van der Waals surface area contributed by atoms with Gasteiger partial charge in [-0.3, -0.25) is 0 Å². The molecule has 190 valence electrons. The molecule has 0 fully saturated rings. The van der Waals surface area contributed by atoms with E-state index in [2.05, 4.69) is 4.84 Å². The quantitative estimate of drug-likeness (QED) is 0.228. The largest absolute Gasteiger partial charge is 0.493 e. The molecule has 0 aliphatic heterocycles. The first-order valence-electron chi connectivity index (χ1n) is 10.7. The predicted molar refractivity (Wildman–Crippen MR) is 129 cm³/mol. The van der Waals surface area contributed by atoms with Crippen LogP contribution in [0.4, 0.5) is 0 Å². The summed E-state index contributed by atoms with van der Waals surface area (Å²) in [6.45, 7) is 3.33. The van der Waals surface area contributed by atoms with Gasteiger partial charge in [0.1, 0.15) is 21.3 Å². The van der Waals surface area contributed by atoms with Crippen LogP contribution in [0.25, 0.3) is 0 Å². The van der Waals surface area contributed by atoms with Crippen molar-refractivity contribution >= 4 is 20.1 Å². The lowest BCUT2D eigenvalue weighted by atomic mass is 10.2. The summed E-state index contributed by atoms with van der Waals surface area (Å²) >= 11 is 0. The van der Waals surface area contributed by atoms with E-state index in [-0.39, 0.29) is 17.2 Å². The Kier molecular flexibility index (Phi) is 10.3. The maximum Gasteiger partial charge on any atom is 0.340 e. The lowest BCUT2D eigenvalue weighted by Crippen LogP contribution is -2.31. The SMILES string of the molecule is Cc1cc(OCCCON)cc(OS(=O)(=O)c2ccccc2S(=O)(=O)N(C)CCCN(C)C)c1. The number of nitrogens with zero attached hydrogens (tertiary/aromatic N) is 2. The number of nitrogens with two attached hydrogens (primary N) is 1. The van der Waals surface area contributed by atoms with Crippen molar-refractivity contribution in [2.75, 3.05) is 47.4 Å². The molecule has 2 rings (SSSR count). The number of hydrogen-bond donors (Lipinski definition) is 1. The third-order valence-electron chi connectivity index (χ3n) is 4.79. The van der Waals surface area contributed by atoms with Crippen LogP contribution >= 0.6 is 0 Å². The van der Waals surface area contributed by atoms with Gasteiger partial charge in [-0.15, -0.1) is 0 Å². The van der Waals surface area contributed by atoms with Crippen molar-refractivity contribution in [3.05, 3.63) is 48.0 Å². The Morgan fingerprint density at radius 1 is 0.853 bits per heavy atom. The van der Waals surface area contributed by atoms with Crippen LogP contribution < -0.4 is 14.8 Å². The molecule has 34 heavy (non-hydrogen) atoms. The zero-order valence-corrected chi connectivity index (χ0v) is 21.6. The van der Waals surface area contributed by atoms with E-state index >= 15 is 0 Å². The van der Waals surface area contributed by atoms with Crippen molar-refractivity contribution in [2.45, 2.75) is 29.6 Å². The average Bonchev–Trinajstić information content (AvgIpc) is 2.75. The van der Waals surface area contributed by atoms with Crippen molar-refractivity contribution in [3.63, 3.8) is 0 Å². The minimum Gasteiger partial charge on any atom is -0.493 e. The van der Waals surface area contributed by atoms with Crippen molar-refractivity contribution in [2.24, 2.45) is 5.90 Å². The Labute approximate surface area is 202 Å².